The fourth-order valence-electron chi connectivity index (χ4n) is 4.99. The first-order valence-electron chi connectivity index (χ1n) is 14.2. The van der Waals surface area contributed by atoms with Crippen LogP contribution in [0.4, 0.5) is 14.5 Å². The van der Waals surface area contributed by atoms with Crippen LogP contribution in [0.3, 0.4) is 0 Å². The number of hydrazine groups is 1. The molecule has 4 aromatic carbocycles. The zero-order valence-electron chi connectivity index (χ0n) is 24.1. The molecule has 0 fully saturated rings. The van der Waals surface area contributed by atoms with Gasteiger partial charge < -0.3 is 14.6 Å². The largest absolute Gasteiger partial charge is 0.494 e. The van der Waals surface area contributed by atoms with Crippen LogP contribution in [0.5, 0.6) is 5.75 Å². The van der Waals surface area contributed by atoms with E-state index in [1.54, 1.807) is 48.5 Å². The number of aliphatic imine (C=N–C) groups is 1. The molecule has 0 aromatic heterocycles. The zero-order valence-corrected chi connectivity index (χ0v) is 24.1. The highest BCUT2D eigenvalue weighted by Gasteiger charge is 2.53. The van der Waals surface area contributed by atoms with Gasteiger partial charge in [-0.05, 0) is 58.6 Å². The van der Waals surface area contributed by atoms with Gasteiger partial charge in [0.25, 0.3) is 5.91 Å². The minimum atomic E-state index is -1.60. The van der Waals surface area contributed by atoms with E-state index >= 15 is 0 Å². The second-order valence-electron chi connectivity index (χ2n) is 10.3. The number of nitrogens with one attached hydrogen (secondary N) is 2. The molecule has 1 amide bonds. The quantitative estimate of drug-likeness (QED) is 0.0559. The topological polar surface area (TPSA) is 141 Å². The minimum Gasteiger partial charge on any atom is -0.494 e. The Morgan fingerprint density at radius 2 is 1.78 bits per heavy atom. The maximum absolute atomic E-state index is 14.3. The third-order valence-corrected chi connectivity index (χ3v) is 7.21. The van der Waals surface area contributed by atoms with Crippen LogP contribution in [0.25, 0.3) is 10.4 Å². The van der Waals surface area contributed by atoms with Gasteiger partial charge in [0, 0.05) is 42.2 Å². The van der Waals surface area contributed by atoms with E-state index in [0.717, 1.165) is 12.1 Å². The van der Waals surface area contributed by atoms with Crippen molar-refractivity contribution >= 4 is 17.5 Å². The Hall–Kier alpha value is -5.29. The van der Waals surface area contributed by atoms with Crippen molar-refractivity contribution in [3.63, 3.8) is 0 Å². The molecule has 1 aliphatic rings. The summed E-state index contributed by atoms with van der Waals surface area (Å²) in [5.41, 5.74) is 15.7. The lowest BCUT2D eigenvalue weighted by atomic mass is 9.81. The van der Waals surface area contributed by atoms with Crippen LogP contribution in [-0.4, -0.2) is 35.7 Å². The summed E-state index contributed by atoms with van der Waals surface area (Å²) in [5.74, 6) is -1.73. The molecule has 3 N–H and O–H groups in total. The Kier molecular flexibility index (Phi) is 10.0. The lowest BCUT2D eigenvalue weighted by Crippen LogP contribution is -2.53. The normalized spacial score (nSPS) is 17.1. The number of aliphatic hydroxyl groups excluding tert-OH is 1. The lowest BCUT2D eigenvalue weighted by molar-refractivity contribution is -0.130. The molecule has 0 saturated carbocycles. The van der Waals surface area contributed by atoms with Gasteiger partial charge in [0.2, 0.25) is 5.90 Å². The highest BCUT2D eigenvalue weighted by molar-refractivity contribution is 6.01. The van der Waals surface area contributed by atoms with E-state index in [1.165, 1.54) is 6.07 Å². The van der Waals surface area contributed by atoms with Crippen molar-refractivity contribution in [1.82, 2.24) is 10.9 Å². The van der Waals surface area contributed by atoms with Gasteiger partial charge in [-0.15, -0.1) is 0 Å². The van der Waals surface area contributed by atoms with E-state index in [4.69, 9.17) is 19.6 Å². The van der Waals surface area contributed by atoms with E-state index in [-0.39, 0.29) is 25.5 Å². The van der Waals surface area contributed by atoms with Crippen LogP contribution in [0, 0.1) is 11.6 Å². The number of azide groups is 1. The first-order valence-corrected chi connectivity index (χ1v) is 14.2. The summed E-state index contributed by atoms with van der Waals surface area (Å²) in [4.78, 5) is 22.1. The van der Waals surface area contributed by atoms with Gasteiger partial charge in [-0.3, -0.25) is 10.2 Å². The van der Waals surface area contributed by atoms with Crippen molar-refractivity contribution in [3.05, 3.63) is 141 Å². The van der Waals surface area contributed by atoms with E-state index in [1.807, 2.05) is 30.3 Å². The fraction of sp³-hybridized carbons (Fsp3) is 0.212. The Bertz CT molecular complexity index is 1710. The van der Waals surface area contributed by atoms with Gasteiger partial charge in [0.15, 0.2) is 23.3 Å². The van der Waals surface area contributed by atoms with Crippen LogP contribution in [0.15, 0.2) is 107 Å². The third-order valence-electron chi connectivity index (χ3n) is 7.21. The second-order valence-corrected chi connectivity index (χ2v) is 10.3. The van der Waals surface area contributed by atoms with Gasteiger partial charge in [-0.25, -0.2) is 19.2 Å². The number of nitrogens with zero attached hydrogens (tertiary/aromatic N) is 4. The molecule has 0 spiro atoms. The molecule has 0 saturated heterocycles. The van der Waals surface area contributed by atoms with Crippen LogP contribution in [0.1, 0.15) is 34.8 Å². The lowest BCUT2D eigenvalue weighted by Gasteiger charge is -2.31. The first kappa shape index (κ1) is 31.1. The Labute approximate surface area is 257 Å². The first-order chi connectivity index (χ1) is 21.9. The molecule has 1 heterocycles. The summed E-state index contributed by atoms with van der Waals surface area (Å²) in [5, 5.41) is 12.8. The highest BCUT2D eigenvalue weighted by atomic mass is 19.2. The molecule has 0 bridgehead atoms. The van der Waals surface area contributed by atoms with E-state index < -0.39 is 29.2 Å². The fourth-order valence-corrected chi connectivity index (χ4v) is 4.99. The minimum absolute atomic E-state index is 0.000488. The predicted octanol–water partition coefficient (Wildman–Crippen LogP) is 5.99. The van der Waals surface area contributed by atoms with Gasteiger partial charge in [-0.2, -0.15) is 0 Å². The number of rotatable bonds is 13. The number of carbonyl (C=O) groups is 1. The molecular formula is C33H30F2N6O4. The Morgan fingerprint density at radius 3 is 2.51 bits per heavy atom. The Balaban J connectivity index is 1.53. The molecule has 10 nitrogen and oxygen atoms in total. The van der Waals surface area contributed by atoms with E-state index in [9.17, 15) is 19.1 Å². The van der Waals surface area contributed by atoms with Crippen molar-refractivity contribution in [3.8, 4) is 5.75 Å². The number of aliphatic hydroxyl groups is 1. The summed E-state index contributed by atoms with van der Waals surface area (Å²) < 4.78 is 39.3. The van der Waals surface area contributed by atoms with Crippen molar-refractivity contribution in [2.24, 2.45) is 10.1 Å². The summed E-state index contributed by atoms with van der Waals surface area (Å²) in [6.45, 7) is 0.376. The van der Waals surface area contributed by atoms with Gasteiger partial charge in [0.1, 0.15) is 5.75 Å². The highest BCUT2D eigenvalue weighted by Crippen LogP contribution is 2.43. The summed E-state index contributed by atoms with van der Waals surface area (Å²) in [7, 11) is 0. The average molecular weight is 613 g/mol. The second kappa shape index (κ2) is 14.5. The van der Waals surface area contributed by atoms with Crippen molar-refractivity contribution in [2.75, 3.05) is 13.2 Å². The molecule has 5 rings (SSSR count). The molecular weight excluding hydrogens is 582 g/mol. The number of hydrogen-bond donors (Lipinski definition) is 3. The van der Waals surface area contributed by atoms with Gasteiger partial charge >= 0.3 is 0 Å². The van der Waals surface area contributed by atoms with Crippen LogP contribution in [0.2, 0.25) is 0 Å². The average Bonchev–Trinajstić information content (AvgIpc) is 3.45. The summed E-state index contributed by atoms with van der Waals surface area (Å²) in [6, 6.07) is 26.5. The maximum Gasteiger partial charge on any atom is 0.266 e. The SMILES string of the molecule is [N-]=[N+]=Nc1ccccc1C[C@]1(C(=O)NNCc2ccc(F)c(F)c2)N=C(c2ccc(OCCCO)cc2)O[C@H]1c1ccccc1. The standard InChI is InChI=1S/C33H30F2N6O4/c34-27-16-11-22(19-28(27)35)21-37-40-32(43)33(20-25-9-4-5-10-29(25)39-41-36)30(23-7-2-1-3-8-23)45-31(38-33)24-12-14-26(15-13-24)44-18-6-17-42/h1-5,7-16,19,30,37,42H,6,17-18,20-21H2,(H,40,43)/t30-,33-/m0/s1. The number of halogens is 2. The van der Waals surface area contributed by atoms with Gasteiger partial charge in [0.05, 0.1) is 6.61 Å². The number of ether oxygens (including phenoxy) is 2. The van der Waals surface area contributed by atoms with Crippen LogP contribution in [-0.2, 0) is 22.5 Å². The number of amides is 1. The monoisotopic (exact) mass is 612 g/mol. The van der Waals surface area contributed by atoms with Crippen molar-refractivity contribution < 1.29 is 28.2 Å². The third kappa shape index (κ3) is 7.27. The van der Waals surface area contributed by atoms with Crippen molar-refractivity contribution in [2.45, 2.75) is 31.0 Å². The van der Waals surface area contributed by atoms with E-state index in [2.05, 4.69) is 20.9 Å². The molecule has 0 aliphatic carbocycles. The number of hydrogen-bond acceptors (Lipinski definition) is 7. The van der Waals surface area contributed by atoms with E-state index in [0.29, 0.717) is 46.7 Å². The summed E-state index contributed by atoms with van der Waals surface area (Å²) >= 11 is 0. The van der Waals surface area contributed by atoms with Crippen LogP contribution < -0.4 is 15.6 Å². The molecule has 45 heavy (non-hydrogen) atoms. The molecule has 0 unspecified atom stereocenters. The molecule has 230 valence electrons. The molecule has 4 aromatic rings. The molecule has 12 heteroatoms. The zero-order chi connectivity index (χ0) is 31.6. The maximum atomic E-state index is 14.3. The van der Waals surface area contributed by atoms with Crippen molar-refractivity contribution in [1.29, 1.82) is 0 Å². The molecule has 0 radical (unpaired) electrons. The predicted molar refractivity (Wildman–Crippen MR) is 163 cm³/mol. The van der Waals surface area contributed by atoms with Gasteiger partial charge in [-0.1, -0.05) is 65.8 Å². The number of carbonyl (C=O) groups excluding carboxylic acids is 1. The summed E-state index contributed by atoms with van der Waals surface area (Å²) in [6.07, 6.45) is -0.416. The molecule has 1 aliphatic heterocycles. The Morgan fingerprint density at radius 1 is 1.02 bits per heavy atom. The number of benzene rings is 4. The van der Waals surface area contributed by atoms with Crippen LogP contribution >= 0.6 is 0 Å². The molecule has 2 atom stereocenters. The smallest absolute Gasteiger partial charge is 0.266 e.